The van der Waals surface area contributed by atoms with Crippen LogP contribution in [0.2, 0.25) is 0 Å². The van der Waals surface area contributed by atoms with Crippen LogP contribution in [-0.2, 0) is 0 Å². The average molecular weight is 310 g/mol. The quantitative estimate of drug-likeness (QED) is 0.728. The van der Waals surface area contributed by atoms with E-state index >= 15 is 0 Å². The van der Waals surface area contributed by atoms with E-state index in [1.54, 1.807) is 12.1 Å². The average Bonchev–Trinajstić information content (AvgIpc) is 2.50. The van der Waals surface area contributed by atoms with Crippen LogP contribution in [0, 0.1) is 0 Å². The Morgan fingerprint density at radius 1 is 1.09 bits per heavy atom. The number of carbonyl (C=O) groups is 1. The first-order valence-electron chi connectivity index (χ1n) is 7.64. The van der Waals surface area contributed by atoms with Crippen molar-refractivity contribution < 1.29 is 19.0 Å². The molecule has 1 atom stereocenters. The fraction of sp³-hybridized carbons (Fsp3) is 0.562. The standard InChI is InChI=1S/C16H26N2O4/c1-5-20-13-8-12(16(19)18-11(4)10-17)9-14(21-6-2)15(13)22-7-3/h8-9,11H,5-7,10,17H2,1-4H3,(H,18,19)/t11-/m1/s1. The first kappa shape index (κ1) is 18.1. The van der Waals surface area contributed by atoms with Gasteiger partial charge >= 0.3 is 0 Å². The van der Waals surface area contributed by atoms with Crippen molar-refractivity contribution in [2.24, 2.45) is 5.73 Å². The Kier molecular flexibility index (Phi) is 7.52. The van der Waals surface area contributed by atoms with Gasteiger partial charge in [0.1, 0.15) is 0 Å². The number of hydrogen-bond acceptors (Lipinski definition) is 5. The van der Waals surface area contributed by atoms with Crippen molar-refractivity contribution in [3.63, 3.8) is 0 Å². The molecular weight excluding hydrogens is 284 g/mol. The number of hydrogen-bond donors (Lipinski definition) is 2. The molecule has 0 aliphatic heterocycles. The van der Waals surface area contributed by atoms with E-state index in [9.17, 15) is 4.79 Å². The van der Waals surface area contributed by atoms with Crippen LogP contribution < -0.4 is 25.3 Å². The summed E-state index contributed by atoms with van der Waals surface area (Å²) >= 11 is 0. The maximum Gasteiger partial charge on any atom is 0.251 e. The SMILES string of the molecule is CCOc1cc(C(=O)N[C@H](C)CN)cc(OCC)c1OCC. The van der Waals surface area contributed by atoms with E-state index in [2.05, 4.69) is 5.32 Å². The van der Waals surface area contributed by atoms with Crippen LogP contribution >= 0.6 is 0 Å². The lowest BCUT2D eigenvalue weighted by molar-refractivity contribution is 0.0940. The van der Waals surface area contributed by atoms with Crippen LogP contribution in [0.1, 0.15) is 38.1 Å². The monoisotopic (exact) mass is 310 g/mol. The lowest BCUT2D eigenvalue weighted by Gasteiger charge is -2.18. The molecule has 0 radical (unpaired) electrons. The van der Waals surface area contributed by atoms with Crippen molar-refractivity contribution in [2.45, 2.75) is 33.7 Å². The summed E-state index contributed by atoms with van der Waals surface area (Å²) in [5, 5.41) is 2.82. The lowest BCUT2D eigenvalue weighted by Crippen LogP contribution is -2.37. The smallest absolute Gasteiger partial charge is 0.251 e. The largest absolute Gasteiger partial charge is 0.490 e. The Morgan fingerprint density at radius 2 is 1.59 bits per heavy atom. The first-order valence-corrected chi connectivity index (χ1v) is 7.64. The highest BCUT2D eigenvalue weighted by molar-refractivity contribution is 5.95. The van der Waals surface area contributed by atoms with Gasteiger partial charge in [0.05, 0.1) is 19.8 Å². The molecule has 0 saturated carbocycles. The third-order valence-electron chi connectivity index (χ3n) is 2.90. The summed E-state index contributed by atoms with van der Waals surface area (Å²) in [4.78, 5) is 12.3. The number of carbonyl (C=O) groups excluding carboxylic acids is 1. The summed E-state index contributed by atoms with van der Waals surface area (Å²) in [6.07, 6.45) is 0. The van der Waals surface area contributed by atoms with Gasteiger partial charge in [-0.15, -0.1) is 0 Å². The van der Waals surface area contributed by atoms with Gasteiger partial charge in [-0.3, -0.25) is 4.79 Å². The molecule has 0 aromatic heterocycles. The molecule has 1 aromatic carbocycles. The van der Waals surface area contributed by atoms with Gasteiger partial charge in [0, 0.05) is 18.2 Å². The summed E-state index contributed by atoms with van der Waals surface area (Å²) in [5.41, 5.74) is 5.99. The Bertz CT molecular complexity index is 464. The Morgan fingerprint density at radius 3 is 2.00 bits per heavy atom. The van der Waals surface area contributed by atoms with Gasteiger partial charge in [-0.05, 0) is 39.8 Å². The predicted molar refractivity (Wildman–Crippen MR) is 85.9 cm³/mol. The summed E-state index contributed by atoms with van der Waals surface area (Å²) in [7, 11) is 0. The molecule has 0 heterocycles. The molecule has 0 spiro atoms. The van der Waals surface area contributed by atoms with Gasteiger partial charge < -0.3 is 25.3 Å². The normalized spacial score (nSPS) is 11.7. The zero-order valence-corrected chi connectivity index (χ0v) is 13.8. The molecule has 3 N–H and O–H groups in total. The third kappa shape index (κ3) is 4.80. The minimum absolute atomic E-state index is 0.106. The second kappa shape index (κ2) is 9.15. The molecule has 6 heteroatoms. The van der Waals surface area contributed by atoms with E-state index in [0.717, 1.165) is 0 Å². The van der Waals surface area contributed by atoms with Gasteiger partial charge in [0.25, 0.3) is 5.91 Å². The fourth-order valence-corrected chi connectivity index (χ4v) is 1.89. The minimum Gasteiger partial charge on any atom is -0.490 e. The summed E-state index contributed by atoms with van der Waals surface area (Å²) in [6, 6.07) is 3.22. The second-order valence-corrected chi connectivity index (χ2v) is 4.71. The zero-order valence-electron chi connectivity index (χ0n) is 13.8. The number of ether oxygens (including phenoxy) is 3. The first-order chi connectivity index (χ1) is 10.6. The van der Waals surface area contributed by atoms with Crippen molar-refractivity contribution in [2.75, 3.05) is 26.4 Å². The molecular formula is C16H26N2O4. The van der Waals surface area contributed by atoms with Gasteiger partial charge in [-0.1, -0.05) is 0 Å². The lowest BCUT2D eigenvalue weighted by atomic mass is 10.1. The summed E-state index contributed by atoms with van der Waals surface area (Å²) in [6.45, 7) is 9.27. The highest BCUT2D eigenvalue weighted by atomic mass is 16.5. The van der Waals surface area contributed by atoms with Gasteiger partial charge in [0.15, 0.2) is 11.5 Å². The maximum absolute atomic E-state index is 12.3. The molecule has 1 rings (SSSR count). The van der Waals surface area contributed by atoms with Crippen LogP contribution in [0.15, 0.2) is 12.1 Å². The molecule has 1 aromatic rings. The summed E-state index contributed by atoms with van der Waals surface area (Å²) in [5.74, 6) is 1.30. The molecule has 22 heavy (non-hydrogen) atoms. The highest BCUT2D eigenvalue weighted by Gasteiger charge is 2.18. The number of benzene rings is 1. The zero-order chi connectivity index (χ0) is 16.5. The highest BCUT2D eigenvalue weighted by Crippen LogP contribution is 2.39. The maximum atomic E-state index is 12.3. The fourth-order valence-electron chi connectivity index (χ4n) is 1.89. The third-order valence-corrected chi connectivity index (χ3v) is 2.90. The van der Waals surface area contributed by atoms with Crippen molar-refractivity contribution >= 4 is 5.91 Å². The topological polar surface area (TPSA) is 82.8 Å². The van der Waals surface area contributed by atoms with Crippen LogP contribution in [-0.4, -0.2) is 38.3 Å². The number of nitrogens with two attached hydrogens (primary N) is 1. The van der Waals surface area contributed by atoms with Crippen LogP contribution in [0.25, 0.3) is 0 Å². The molecule has 0 fully saturated rings. The molecule has 124 valence electrons. The number of rotatable bonds is 9. The van der Waals surface area contributed by atoms with E-state index in [-0.39, 0.29) is 11.9 Å². The van der Waals surface area contributed by atoms with Crippen molar-refractivity contribution in [3.8, 4) is 17.2 Å². The van der Waals surface area contributed by atoms with Gasteiger partial charge in [-0.25, -0.2) is 0 Å². The van der Waals surface area contributed by atoms with E-state index in [4.69, 9.17) is 19.9 Å². The van der Waals surface area contributed by atoms with Crippen molar-refractivity contribution in [1.29, 1.82) is 0 Å². The van der Waals surface area contributed by atoms with E-state index in [1.807, 2.05) is 27.7 Å². The minimum atomic E-state index is -0.220. The molecule has 0 aliphatic rings. The number of nitrogens with one attached hydrogen (secondary N) is 1. The molecule has 0 aliphatic carbocycles. The number of amides is 1. The van der Waals surface area contributed by atoms with Crippen LogP contribution in [0.3, 0.4) is 0 Å². The van der Waals surface area contributed by atoms with Crippen molar-refractivity contribution in [1.82, 2.24) is 5.32 Å². The molecule has 0 bridgehead atoms. The Hall–Kier alpha value is -1.95. The van der Waals surface area contributed by atoms with Crippen molar-refractivity contribution in [3.05, 3.63) is 17.7 Å². The van der Waals surface area contributed by atoms with E-state index in [1.165, 1.54) is 0 Å². The van der Waals surface area contributed by atoms with Gasteiger partial charge in [0.2, 0.25) is 5.75 Å². The molecule has 1 amide bonds. The molecule has 0 unspecified atom stereocenters. The summed E-state index contributed by atoms with van der Waals surface area (Å²) < 4.78 is 16.8. The molecule has 6 nitrogen and oxygen atoms in total. The van der Waals surface area contributed by atoms with Gasteiger partial charge in [-0.2, -0.15) is 0 Å². The van der Waals surface area contributed by atoms with E-state index < -0.39 is 0 Å². The predicted octanol–water partition coefficient (Wildman–Crippen LogP) is 1.96. The Labute approximate surface area is 131 Å². The second-order valence-electron chi connectivity index (χ2n) is 4.71. The van der Waals surface area contributed by atoms with Crippen LogP contribution in [0.4, 0.5) is 0 Å². The Balaban J connectivity index is 3.20. The van der Waals surface area contributed by atoms with E-state index in [0.29, 0.717) is 49.2 Å². The van der Waals surface area contributed by atoms with Crippen LogP contribution in [0.5, 0.6) is 17.2 Å². The molecule has 0 saturated heterocycles.